The zero-order chi connectivity index (χ0) is 32.3. The Bertz CT molecular complexity index is 2570. The minimum absolute atomic E-state index is 0.628. The van der Waals surface area contributed by atoms with Crippen molar-refractivity contribution < 1.29 is 8.83 Å². The van der Waals surface area contributed by atoms with Gasteiger partial charge in [0.15, 0.2) is 11.2 Å². The quantitative estimate of drug-likeness (QED) is 0.190. The number of fused-ring (bicyclic) bond motifs is 5. The maximum absolute atomic E-state index is 6.02. The van der Waals surface area contributed by atoms with Crippen LogP contribution in [0.4, 0.5) is 0 Å². The van der Waals surface area contributed by atoms with Crippen LogP contribution in [-0.2, 0) is 0 Å². The van der Waals surface area contributed by atoms with Crippen molar-refractivity contribution in [2.75, 3.05) is 0 Å². The molecule has 0 amide bonds. The Morgan fingerprint density at radius 3 is 1.24 bits per heavy atom. The molecule has 5 heteroatoms. The van der Waals surface area contributed by atoms with Gasteiger partial charge in [0.1, 0.15) is 11.0 Å². The van der Waals surface area contributed by atoms with E-state index in [2.05, 4.69) is 130 Å². The SMILES string of the molecule is c1ccc(-n2c3ccc(-c4ccc(-c5nc6ccccc6o5)cc4)cc3c3cc(-c4ccc(-c5nc6ccccc6o5)cc4)ccc32)cc1. The predicted molar refractivity (Wildman–Crippen MR) is 198 cm³/mol. The van der Waals surface area contributed by atoms with Gasteiger partial charge in [-0.1, -0.05) is 78.9 Å². The second-order valence-corrected chi connectivity index (χ2v) is 12.3. The highest BCUT2D eigenvalue weighted by Crippen LogP contribution is 2.38. The van der Waals surface area contributed by atoms with Gasteiger partial charge in [-0.15, -0.1) is 0 Å². The van der Waals surface area contributed by atoms with Gasteiger partial charge in [-0.2, -0.15) is 0 Å². The van der Waals surface area contributed by atoms with Gasteiger partial charge in [0.05, 0.1) is 11.0 Å². The fraction of sp³-hybridized carbons (Fsp3) is 0. The Morgan fingerprint density at radius 1 is 0.367 bits per heavy atom. The van der Waals surface area contributed by atoms with Crippen molar-refractivity contribution in [1.29, 1.82) is 0 Å². The van der Waals surface area contributed by atoms with Crippen LogP contribution in [0.3, 0.4) is 0 Å². The average molecular weight is 630 g/mol. The van der Waals surface area contributed by atoms with Crippen LogP contribution in [0.2, 0.25) is 0 Å². The number of para-hydroxylation sites is 5. The highest BCUT2D eigenvalue weighted by molar-refractivity contribution is 6.11. The van der Waals surface area contributed by atoms with Crippen LogP contribution in [-0.4, -0.2) is 14.5 Å². The Morgan fingerprint density at radius 2 is 0.776 bits per heavy atom. The van der Waals surface area contributed by atoms with E-state index in [1.807, 2.05) is 48.5 Å². The van der Waals surface area contributed by atoms with E-state index in [0.717, 1.165) is 72.3 Å². The fourth-order valence-corrected chi connectivity index (χ4v) is 6.84. The van der Waals surface area contributed by atoms with Gasteiger partial charge in [0, 0.05) is 27.6 Å². The van der Waals surface area contributed by atoms with Gasteiger partial charge >= 0.3 is 0 Å². The van der Waals surface area contributed by atoms with E-state index in [1.54, 1.807) is 0 Å². The number of nitrogens with zero attached hydrogens (tertiary/aromatic N) is 3. The lowest BCUT2D eigenvalue weighted by molar-refractivity contribution is 0.619. The van der Waals surface area contributed by atoms with Gasteiger partial charge in [-0.3, -0.25) is 0 Å². The Labute approximate surface area is 281 Å². The van der Waals surface area contributed by atoms with E-state index < -0.39 is 0 Å². The second-order valence-electron chi connectivity index (χ2n) is 12.3. The number of aromatic nitrogens is 3. The molecule has 0 saturated heterocycles. The Balaban J connectivity index is 1.06. The van der Waals surface area contributed by atoms with E-state index >= 15 is 0 Å². The van der Waals surface area contributed by atoms with Crippen LogP contribution in [0, 0.1) is 0 Å². The van der Waals surface area contributed by atoms with Crippen LogP contribution in [0.1, 0.15) is 0 Å². The average Bonchev–Trinajstić information content (AvgIpc) is 3.89. The number of hydrogen-bond donors (Lipinski definition) is 0. The molecule has 230 valence electrons. The van der Waals surface area contributed by atoms with E-state index in [4.69, 9.17) is 8.83 Å². The summed E-state index contributed by atoms with van der Waals surface area (Å²) in [5, 5.41) is 2.40. The molecular weight excluding hydrogens is 603 g/mol. The molecular formula is C44H27N3O2. The topological polar surface area (TPSA) is 57.0 Å². The first kappa shape index (κ1) is 27.4. The minimum atomic E-state index is 0.628. The van der Waals surface area contributed by atoms with Gasteiger partial charge in [-0.25, -0.2) is 9.97 Å². The van der Waals surface area contributed by atoms with Crippen molar-refractivity contribution in [3.63, 3.8) is 0 Å². The Kier molecular flexibility index (Phi) is 6.11. The molecule has 3 aromatic heterocycles. The van der Waals surface area contributed by atoms with Crippen molar-refractivity contribution in [3.05, 3.63) is 164 Å². The maximum Gasteiger partial charge on any atom is 0.227 e. The molecule has 0 fully saturated rings. The van der Waals surface area contributed by atoms with Gasteiger partial charge < -0.3 is 13.4 Å². The standard InChI is InChI=1S/C44H27N3O2/c1-2-8-34(9-3-1)47-39-24-22-32(28-14-18-30(19-15-28)43-45-37-10-4-6-12-41(37)48-43)26-35(39)36-27-33(23-25-40(36)47)29-16-20-31(21-17-29)44-46-38-11-5-7-13-42(38)49-44/h1-27H. The van der Waals surface area contributed by atoms with Crippen molar-refractivity contribution in [1.82, 2.24) is 14.5 Å². The molecule has 10 rings (SSSR count). The summed E-state index contributed by atoms with van der Waals surface area (Å²) in [5.74, 6) is 1.26. The molecule has 0 atom stereocenters. The minimum Gasteiger partial charge on any atom is -0.436 e. The van der Waals surface area contributed by atoms with Crippen molar-refractivity contribution >= 4 is 44.0 Å². The molecule has 49 heavy (non-hydrogen) atoms. The molecule has 0 bridgehead atoms. The molecule has 0 unspecified atom stereocenters. The molecule has 0 aliphatic heterocycles. The smallest absolute Gasteiger partial charge is 0.227 e. The third-order valence-electron chi connectivity index (χ3n) is 9.30. The Hall–Kier alpha value is -6.72. The largest absolute Gasteiger partial charge is 0.436 e. The number of oxazole rings is 2. The molecule has 0 aliphatic carbocycles. The van der Waals surface area contributed by atoms with Crippen LogP contribution >= 0.6 is 0 Å². The molecule has 0 saturated carbocycles. The monoisotopic (exact) mass is 629 g/mol. The maximum atomic E-state index is 6.02. The summed E-state index contributed by atoms with van der Waals surface area (Å²) < 4.78 is 14.4. The van der Waals surface area contributed by atoms with Crippen molar-refractivity contribution in [3.8, 4) is 50.8 Å². The van der Waals surface area contributed by atoms with Gasteiger partial charge in [-0.05, 0) is 107 Å². The van der Waals surface area contributed by atoms with Crippen LogP contribution in [0.5, 0.6) is 0 Å². The van der Waals surface area contributed by atoms with E-state index in [0.29, 0.717) is 11.8 Å². The van der Waals surface area contributed by atoms with Crippen LogP contribution < -0.4 is 0 Å². The first-order chi connectivity index (χ1) is 24.2. The summed E-state index contributed by atoms with van der Waals surface area (Å²) in [4.78, 5) is 9.35. The lowest BCUT2D eigenvalue weighted by Crippen LogP contribution is -1.93. The third kappa shape index (κ3) is 4.63. The molecule has 10 aromatic rings. The number of benzene rings is 7. The van der Waals surface area contributed by atoms with Gasteiger partial charge in [0.2, 0.25) is 11.8 Å². The number of rotatable bonds is 5. The molecule has 0 N–H and O–H groups in total. The zero-order valence-corrected chi connectivity index (χ0v) is 26.2. The first-order valence-corrected chi connectivity index (χ1v) is 16.3. The van der Waals surface area contributed by atoms with Gasteiger partial charge in [0.25, 0.3) is 0 Å². The summed E-state index contributed by atoms with van der Waals surface area (Å²) in [6, 6.07) is 56.7. The highest BCUT2D eigenvalue weighted by atomic mass is 16.4. The summed E-state index contributed by atoms with van der Waals surface area (Å²) in [6.07, 6.45) is 0. The summed E-state index contributed by atoms with van der Waals surface area (Å²) in [5.41, 5.74) is 13.2. The third-order valence-corrected chi connectivity index (χ3v) is 9.30. The van der Waals surface area contributed by atoms with Crippen LogP contribution in [0.15, 0.2) is 173 Å². The molecule has 0 radical (unpaired) electrons. The predicted octanol–water partition coefficient (Wildman–Crippen LogP) is 11.7. The molecule has 5 nitrogen and oxygen atoms in total. The molecule has 0 spiro atoms. The lowest BCUT2D eigenvalue weighted by atomic mass is 9.99. The molecule has 7 aromatic carbocycles. The zero-order valence-electron chi connectivity index (χ0n) is 26.2. The van der Waals surface area contributed by atoms with E-state index in [-0.39, 0.29) is 0 Å². The van der Waals surface area contributed by atoms with E-state index in [9.17, 15) is 0 Å². The van der Waals surface area contributed by atoms with Crippen molar-refractivity contribution in [2.24, 2.45) is 0 Å². The lowest BCUT2D eigenvalue weighted by Gasteiger charge is -2.09. The summed E-state index contributed by atoms with van der Waals surface area (Å²) in [6.45, 7) is 0. The normalized spacial score (nSPS) is 11.7. The molecule has 3 heterocycles. The highest BCUT2D eigenvalue weighted by Gasteiger charge is 2.16. The fourth-order valence-electron chi connectivity index (χ4n) is 6.84. The summed E-state index contributed by atoms with van der Waals surface area (Å²) in [7, 11) is 0. The first-order valence-electron chi connectivity index (χ1n) is 16.3. The summed E-state index contributed by atoms with van der Waals surface area (Å²) >= 11 is 0. The van der Waals surface area contributed by atoms with E-state index in [1.165, 1.54) is 10.8 Å². The molecule has 0 aliphatic rings. The number of hydrogen-bond acceptors (Lipinski definition) is 4. The van der Waals surface area contributed by atoms with Crippen LogP contribution in [0.25, 0.3) is 94.9 Å². The second kappa shape index (κ2) is 10.9. The van der Waals surface area contributed by atoms with Crippen molar-refractivity contribution in [2.45, 2.75) is 0 Å².